The quantitative estimate of drug-likeness (QED) is 0.520. The number of hydrogen-bond donors (Lipinski definition) is 1. The van der Waals surface area contributed by atoms with Crippen molar-refractivity contribution in [1.82, 2.24) is 9.78 Å². The first-order chi connectivity index (χ1) is 4.33. The standard InChI is InChI=1S/C4H7BN2O2/c1-7-3-2-4(6-7)9-5-8/h2-3,5,8H,1H3. The first kappa shape index (κ1) is 6.16. The molecule has 0 saturated carbocycles. The maximum absolute atomic E-state index is 8.26. The monoisotopic (exact) mass is 126 g/mol. The molecule has 0 spiro atoms. The molecule has 0 atom stereocenters. The number of aryl methyl sites for hydroxylation is 1. The molecule has 0 saturated heterocycles. The Kier molecular flexibility index (Phi) is 1.74. The van der Waals surface area contributed by atoms with E-state index in [0.717, 1.165) is 0 Å². The summed E-state index contributed by atoms with van der Waals surface area (Å²) in [5, 5.41) is 12.1. The van der Waals surface area contributed by atoms with Crippen LogP contribution in [0, 0.1) is 0 Å². The van der Waals surface area contributed by atoms with Gasteiger partial charge in [-0.05, 0) is 0 Å². The lowest BCUT2D eigenvalue weighted by molar-refractivity contribution is 0.438. The molecule has 1 N–H and O–H groups in total. The maximum atomic E-state index is 8.26. The van der Waals surface area contributed by atoms with Crippen molar-refractivity contribution >= 4 is 7.69 Å². The van der Waals surface area contributed by atoms with Crippen molar-refractivity contribution in [2.75, 3.05) is 0 Å². The topological polar surface area (TPSA) is 47.3 Å². The van der Waals surface area contributed by atoms with Gasteiger partial charge in [-0.15, -0.1) is 5.10 Å². The van der Waals surface area contributed by atoms with Crippen LogP contribution in [0.5, 0.6) is 5.88 Å². The minimum absolute atomic E-state index is 0.322. The normalized spacial score (nSPS) is 9.11. The van der Waals surface area contributed by atoms with E-state index >= 15 is 0 Å². The summed E-state index contributed by atoms with van der Waals surface area (Å²) in [6, 6.07) is 1.68. The van der Waals surface area contributed by atoms with Crippen LogP contribution in [0.25, 0.3) is 0 Å². The molecule has 0 radical (unpaired) electrons. The fourth-order valence-corrected chi connectivity index (χ4v) is 0.537. The molecule has 1 aromatic rings. The summed E-state index contributed by atoms with van der Waals surface area (Å²) < 4.78 is 6.25. The van der Waals surface area contributed by atoms with Gasteiger partial charge in [0.05, 0.1) is 0 Å². The number of aromatic nitrogens is 2. The van der Waals surface area contributed by atoms with Crippen LogP contribution in [-0.2, 0) is 7.05 Å². The molecular formula is C4H7BN2O2. The molecule has 0 aliphatic carbocycles. The number of rotatable bonds is 2. The van der Waals surface area contributed by atoms with Crippen molar-refractivity contribution in [2.24, 2.45) is 7.05 Å². The SMILES string of the molecule is Cn1ccc(OBO)n1. The van der Waals surface area contributed by atoms with Crippen LogP contribution >= 0.6 is 0 Å². The van der Waals surface area contributed by atoms with Gasteiger partial charge in [0.25, 0.3) is 0 Å². The minimum Gasteiger partial charge on any atom is -0.524 e. The second-order valence-electron chi connectivity index (χ2n) is 1.60. The second-order valence-corrected chi connectivity index (χ2v) is 1.60. The van der Waals surface area contributed by atoms with Crippen LogP contribution in [-0.4, -0.2) is 22.5 Å². The van der Waals surface area contributed by atoms with E-state index < -0.39 is 0 Å². The van der Waals surface area contributed by atoms with E-state index in [9.17, 15) is 0 Å². The van der Waals surface area contributed by atoms with Crippen molar-refractivity contribution in [3.8, 4) is 5.88 Å². The van der Waals surface area contributed by atoms with E-state index in [2.05, 4.69) is 9.75 Å². The molecular weight excluding hydrogens is 119 g/mol. The Morgan fingerprint density at radius 2 is 2.67 bits per heavy atom. The van der Waals surface area contributed by atoms with Crippen LogP contribution in [0.15, 0.2) is 12.3 Å². The molecule has 9 heavy (non-hydrogen) atoms. The van der Waals surface area contributed by atoms with Crippen LogP contribution in [0.3, 0.4) is 0 Å². The molecule has 48 valence electrons. The second kappa shape index (κ2) is 2.54. The average molecular weight is 126 g/mol. The van der Waals surface area contributed by atoms with E-state index in [0.29, 0.717) is 5.88 Å². The highest BCUT2D eigenvalue weighted by Crippen LogP contribution is 2.01. The Morgan fingerprint density at radius 3 is 3.11 bits per heavy atom. The summed E-state index contributed by atoms with van der Waals surface area (Å²) in [7, 11) is 1.46. The van der Waals surface area contributed by atoms with Gasteiger partial charge in [-0.2, -0.15) is 0 Å². The Morgan fingerprint density at radius 1 is 1.89 bits per heavy atom. The van der Waals surface area contributed by atoms with Gasteiger partial charge >= 0.3 is 7.69 Å². The lowest BCUT2D eigenvalue weighted by Crippen LogP contribution is -2.00. The average Bonchev–Trinajstić information content (AvgIpc) is 2.17. The van der Waals surface area contributed by atoms with E-state index in [1.54, 1.807) is 24.0 Å². The summed E-state index contributed by atoms with van der Waals surface area (Å²) >= 11 is 0. The van der Waals surface area contributed by atoms with Gasteiger partial charge in [0.15, 0.2) is 0 Å². The number of nitrogens with zero attached hydrogens (tertiary/aromatic N) is 2. The molecule has 4 nitrogen and oxygen atoms in total. The highest BCUT2D eigenvalue weighted by atomic mass is 16.5. The lowest BCUT2D eigenvalue weighted by atomic mass is 10.4. The summed E-state index contributed by atoms with van der Waals surface area (Å²) in [5.41, 5.74) is 0. The van der Waals surface area contributed by atoms with E-state index in [-0.39, 0.29) is 7.69 Å². The van der Waals surface area contributed by atoms with Crippen LogP contribution in [0.2, 0.25) is 0 Å². The Balaban J connectivity index is 2.61. The highest BCUT2D eigenvalue weighted by Gasteiger charge is 1.94. The smallest absolute Gasteiger partial charge is 0.505 e. The van der Waals surface area contributed by atoms with Crippen molar-refractivity contribution in [3.63, 3.8) is 0 Å². The Labute approximate surface area is 53.4 Å². The molecule has 5 heteroatoms. The fourth-order valence-electron chi connectivity index (χ4n) is 0.537. The molecule has 0 unspecified atom stereocenters. The van der Waals surface area contributed by atoms with Gasteiger partial charge < -0.3 is 9.68 Å². The molecule has 1 rings (SSSR count). The van der Waals surface area contributed by atoms with Gasteiger partial charge in [-0.3, -0.25) is 4.68 Å². The fraction of sp³-hybridized carbons (Fsp3) is 0.250. The summed E-state index contributed by atoms with van der Waals surface area (Å²) in [5.74, 6) is 0.444. The van der Waals surface area contributed by atoms with Crippen LogP contribution in [0.4, 0.5) is 0 Å². The summed E-state index contributed by atoms with van der Waals surface area (Å²) in [4.78, 5) is 0. The molecule has 1 heterocycles. The van der Waals surface area contributed by atoms with Crippen LogP contribution < -0.4 is 4.65 Å². The zero-order valence-corrected chi connectivity index (χ0v) is 5.11. The van der Waals surface area contributed by atoms with Crippen molar-refractivity contribution < 1.29 is 9.68 Å². The van der Waals surface area contributed by atoms with Gasteiger partial charge in [0, 0.05) is 19.3 Å². The van der Waals surface area contributed by atoms with Crippen molar-refractivity contribution in [3.05, 3.63) is 12.3 Å². The molecule has 0 fully saturated rings. The third kappa shape index (κ3) is 1.46. The maximum Gasteiger partial charge on any atom is 0.505 e. The third-order valence-electron chi connectivity index (χ3n) is 0.902. The first-order valence-corrected chi connectivity index (χ1v) is 2.56. The largest absolute Gasteiger partial charge is 0.524 e. The Hall–Kier alpha value is -0.965. The van der Waals surface area contributed by atoms with E-state index in [1.165, 1.54) is 0 Å². The predicted octanol–water partition coefficient (Wildman–Crippen LogP) is -0.942. The molecule has 0 aromatic carbocycles. The third-order valence-corrected chi connectivity index (χ3v) is 0.902. The van der Waals surface area contributed by atoms with Gasteiger partial charge in [0.1, 0.15) is 0 Å². The van der Waals surface area contributed by atoms with Gasteiger partial charge in [-0.25, -0.2) is 0 Å². The first-order valence-electron chi connectivity index (χ1n) is 2.56. The Bertz CT molecular complexity index is 188. The summed E-state index contributed by atoms with van der Waals surface area (Å²) in [6.45, 7) is 0. The molecule has 1 aromatic heterocycles. The zero-order chi connectivity index (χ0) is 6.69. The van der Waals surface area contributed by atoms with E-state index in [1.807, 2.05) is 0 Å². The zero-order valence-electron chi connectivity index (χ0n) is 5.11. The van der Waals surface area contributed by atoms with Gasteiger partial charge in [0.2, 0.25) is 5.88 Å². The molecule has 0 bridgehead atoms. The van der Waals surface area contributed by atoms with Crippen molar-refractivity contribution in [1.29, 1.82) is 0 Å². The van der Waals surface area contributed by atoms with Gasteiger partial charge in [-0.1, -0.05) is 0 Å². The van der Waals surface area contributed by atoms with Crippen molar-refractivity contribution in [2.45, 2.75) is 0 Å². The molecule has 0 aliphatic rings. The van der Waals surface area contributed by atoms with E-state index in [4.69, 9.17) is 5.02 Å². The van der Waals surface area contributed by atoms with Crippen LogP contribution in [0.1, 0.15) is 0 Å². The summed E-state index contributed by atoms with van der Waals surface area (Å²) in [6.07, 6.45) is 1.74. The predicted molar refractivity (Wildman–Crippen MR) is 33.2 cm³/mol. The minimum atomic E-state index is -0.322. The molecule has 0 aliphatic heterocycles. The highest BCUT2D eigenvalue weighted by molar-refractivity contribution is 6.17. The molecule has 0 amide bonds. The lowest BCUT2D eigenvalue weighted by Gasteiger charge is -1.91. The number of hydrogen-bond acceptors (Lipinski definition) is 3.